The van der Waals surface area contributed by atoms with E-state index in [1.807, 2.05) is 16.7 Å². The lowest BCUT2D eigenvalue weighted by Crippen LogP contribution is -2.50. The average Bonchev–Trinajstić information content (AvgIpc) is 3.21. The van der Waals surface area contributed by atoms with Crippen molar-refractivity contribution in [2.75, 3.05) is 26.2 Å². The van der Waals surface area contributed by atoms with Crippen molar-refractivity contribution in [1.82, 2.24) is 14.4 Å². The van der Waals surface area contributed by atoms with Gasteiger partial charge < -0.3 is 14.4 Å². The zero-order valence-electron chi connectivity index (χ0n) is 15.6. The number of benzene rings is 1. The number of hydrogen-bond acceptors (Lipinski definition) is 3. The number of thiophene rings is 1. The predicted molar refractivity (Wildman–Crippen MR) is 111 cm³/mol. The Morgan fingerprint density at radius 3 is 2.38 bits per heavy atom. The Kier molecular flexibility index (Phi) is 5.44. The second kappa shape index (κ2) is 7.87. The molecule has 152 valence electrons. The Morgan fingerprint density at radius 1 is 1.03 bits per heavy atom. The van der Waals surface area contributed by atoms with Gasteiger partial charge in [-0.15, -0.1) is 11.3 Å². The van der Waals surface area contributed by atoms with E-state index in [1.54, 1.807) is 9.80 Å². The summed E-state index contributed by atoms with van der Waals surface area (Å²) < 4.78 is 30.7. The van der Waals surface area contributed by atoms with Crippen LogP contribution in [0.15, 0.2) is 34.1 Å². The van der Waals surface area contributed by atoms with Gasteiger partial charge in [0.15, 0.2) is 11.6 Å². The van der Waals surface area contributed by atoms with E-state index in [9.17, 15) is 18.4 Å². The monoisotopic (exact) mass is 481 g/mol. The summed E-state index contributed by atoms with van der Waals surface area (Å²) >= 11 is 4.98. The van der Waals surface area contributed by atoms with Crippen LogP contribution in [-0.4, -0.2) is 52.4 Å². The number of carbonyl (C=O) groups is 2. The minimum Gasteiger partial charge on any atom is -0.339 e. The molecule has 0 spiro atoms. The van der Waals surface area contributed by atoms with Crippen LogP contribution < -0.4 is 0 Å². The van der Waals surface area contributed by atoms with Crippen molar-refractivity contribution in [2.24, 2.45) is 0 Å². The fourth-order valence-electron chi connectivity index (χ4n) is 3.57. The smallest absolute Gasteiger partial charge is 0.270 e. The molecule has 1 saturated heterocycles. The number of rotatable bonds is 3. The number of carbonyl (C=O) groups excluding carboxylic acids is 2. The van der Waals surface area contributed by atoms with Crippen molar-refractivity contribution in [3.8, 4) is 0 Å². The quantitative estimate of drug-likeness (QED) is 0.565. The third-order valence-corrected chi connectivity index (χ3v) is 6.69. The SMILES string of the molecule is CC(=O)N1CCN(C(=O)c2cc3sc(Br)cc3n2Cc2ccc(F)c(F)c2)CC1. The van der Waals surface area contributed by atoms with Crippen LogP contribution in [0.3, 0.4) is 0 Å². The normalized spacial score (nSPS) is 14.6. The largest absolute Gasteiger partial charge is 0.339 e. The lowest BCUT2D eigenvalue weighted by Gasteiger charge is -2.34. The topological polar surface area (TPSA) is 45.6 Å². The van der Waals surface area contributed by atoms with Gasteiger partial charge in [-0.25, -0.2) is 8.78 Å². The maximum Gasteiger partial charge on any atom is 0.270 e. The molecule has 3 aromatic rings. The lowest BCUT2D eigenvalue weighted by atomic mass is 10.2. The zero-order valence-corrected chi connectivity index (χ0v) is 18.0. The van der Waals surface area contributed by atoms with Crippen molar-refractivity contribution < 1.29 is 18.4 Å². The molecule has 0 bridgehead atoms. The van der Waals surface area contributed by atoms with Crippen molar-refractivity contribution in [2.45, 2.75) is 13.5 Å². The highest BCUT2D eigenvalue weighted by Crippen LogP contribution is 2.33. The summed E-state index contributed by atoms with van der Waals surface area (Å²) in [5.41, 5.74) is 1.93. The Morgan fingerprint density at radius 2 is 1.72 bits per heavy atom. The number of hydrogen-bond donors (Lipinski definition) is 0. The highest BCUT2D eigenvalue weighted by molar-refractivity contribution is 9.11. The van der Waals surface area contributed by atoms with Gasteiger partial charge in [-0.2, -0.15) is 0 Å². The zero-order chi connectivity index (χ0) is 20.7. The molecule has 0 radical (unpaired) electrons. The summed E-state index contributed by atoms with van der Waals surface area (Å²) in [6.45, 7) is 3.71. The fourth-order valence-corrected chi connectivity index (χ4v) is 5.13. The third kappa shape index (κ3) is 3.93. The fraction of sp³-hybridized carbons (Fsp3) is 0.300. The molecule has 5 nitrogen and oxygen atoms in total. The van der Waals surface area contributed by atoms with E-state index in [2.05, 4.69) is 15.9 Å². The summed E-state index contributed by atoms with van der Waals surface area (Å²) in [5.74, 6) is -1.94. The number of nitrogens with zero attached hydrogens (tertiary/aromatic N) is 3. The van der Waals surface area contributed by atoms with Gasteiger partial charge in [0.25, 0.3) is 5.91 Å². The summed E-state index contributed by atoms with van der Waals surface area (Å²) in [4.78, 5) is 28.2. The first kappa shape index (κ1) is 20.0. The molecule has 2 aromatic heterocycles. The van der Waals surface area contributed by atoms with Crippen LogP contribution in [0.4, 0.5) is 8.78 Å². The molecule has 0 aliphatic carbocycles. The van der Waals surface area contributed by atoms with Gasteiger partial charge in [-0.1, -0.05) is 6.07 Å². The molecule has 0 N–H and O–H groups in total. The summed E-state index contributed by atoms with van der Waals surface area (Å²) in [6, 6.07) is 7.53. The molecule has 1 fully saturated rings. The summed E-state index contributed by atoms with van der Waals surface area (Å²) in [6.07, 6.45) is 0. The minimum absolute atomic E-state index is 0.00387. The van der Waals surface area contributed by atoms with Gasteiger partial charge in [0, 0.05) is 39.6 Å². The van der Waals surface area contributed by atoms with Crippen LogP contribution in [0.1, 0.15) is 23.0 Å². The maximum atomic E-state index is 13.7. The predicted octanol–water partition coefficient (Wildman–Crippen LogP) is 4.10. The second-order valence-corrected chi connectivity index (χ2v) is 9.43. The van der Waals surface area contributed by atoms with Crippen molar-refractivity contribution in [3.05, 3.63) is 57.0 Å². The number of aromatic nitrogens is 1. The number of amides is 2. The van der Waals surface area contributed by atoms with Gasteiger partial charge in [0.05, 0.1) is 14.0 Å². The Labute approximate surface area is 178 Å². The van der Waals surface area contributed by atoms with Gasteiger partial charge in [-0.3, -0.25) is 9.59 Å². The van der Waals surface area contributed by atoms with Crippen molar-refractivity contribution in [1.29, 1.82) is 0 Å². The van der Waals surface area contributed by atoms with E-state index >= 15 is 0 Å². The second-order valence-electron chi connectivity index (χ2n) is 6.96. The lowest BCUT2D eigenvalue weighted by molar-refractivity contribution is -0.130. The van der Waals surface area contributed by atoms with E-state index in [1.165, 1.54) is 24.3 Å². The van der Waals surface area contributed by atoms with E-state index in [0.717, 1.165) is 26.1 Å². The average molecular weight is 482 g/mol. The van der Waals surface area contributed by atoms with Crippen LogP contribution in [0.2, 0.25) is 0 Å². The molecular formula is C20H18BrF2N3O2S. The van der Waals surface area contributed by atoms with Crippen molar-refractivity contribution in [3.63, 3.8) is 0 Å². The standard InChI is InChI=1S/C20H18BrF2N3O2S/c1-12(27)24-4-6-25(7-5-24)20(28)17-9-18-16(10-19(21)29-18)26(17)11-13-2-3-14(22)15(23)8-13/h2-3,8-10H,4-7,11H2,1H3. The molecule has 1 aromatic carbocycles. The van der Waals surface area contributed by atoms with Gasteiger partial charge in [0.2, 0.25) is 5.91 Å². The minimum atomic E-state index is -0.911. The van der Waals surface area contributed by atoms with Crippen LogP contribution in [0.5, 0.6) is 0 Å². The van der Waals surface area contributed by atoms with Crippen molar-refractivity contribution >= 4 is 49.3 Å². The number of piperazine rings is 1. The molecule has 0 atom stereocenters. The molecule has 1 aliphatic rings. The molecule has 2 amide bonds. The third-order valence-electron chi connectivity index (χ3n) is 5.12. The van der Waals surface area contributed by atoms with E-state index in [4.69, 9.17) is 0 Å². The first-order valence-electron chi connectivity index (χ1n) is 9.11. The van der Waals surface area contributed by atoms with E-state index in [-0.39, 0.29) is 18.4 Å². The molecule has 4 rings (SSSR count). The number of fused-ring (bicyclic) bond motifs is 1. The molecule has 3 heterocycles. The Bertz CT molecular complexity index is 1100. The van der Waals surface area contributed by atoms with E-state index < -0.39 is 11.6 Å². The van der Waals surface area contributed by atoms with Crippen LogP contribution in [-0.2, 0) is 11.3 Å². The van der Waals surface area contributed by atoms with Gasteiger partial charge in [-0.05, 0) is 45.8 Å². The molecule has 29 heavy (non-hydrogen) atoms. The summed E-state index contributed by atoms with van der Waals surface area (Å²) in [5, 5.41) is 0. The number of halogens is 3. The van der Waals surface area contributed by atoms with Crippen LogP contribution in [0.25, 0.3) is 10.2 Å². The van der Waals surface area contributed by atoms with Crippen LogP contribution in [0, 0.1) is 11.6 Å². The molecule has 0 saturated carbocycles. The first-order valence-corrected chi connectivity index (χ1v) is 10.7. The Balaban J connectivity index is 1.66. The van der Waals surface area contributed by atoms with Gasteiger partial charge >= 0.3 is 0 Å². The maximum absolute atomic E-state index is 13.7. The van der Waals surface area contributed by atoms with E-state index in [0.29, 0.717) is 37.4 Å². The van der Waals surface area contributed by atoms with Crippen LogP contribution >= 0.6 is 27.3 Å². The molecule has 1 aliphatic heterocycles. The highest BCUT2D eigenvalue weighted by Gasteiger charge is 2.26. The highest BCUT2D eigenvalue weighted by atomic mass is 79.9. The van der Waals surface area contributed by atoms with Gasteiger partial charge in [0.1, 0.15) is 5.69 Å². The summed E-state index contributed by atoms with van der Waals surface area (Å²) in [7, 11) is 0. The first-order chi connectivity index (χ1) is 13.8. The molecule has 9 heteroatoms. The molecular weight excluding hydrogens is 464 g/mol. The molecule has 0 unspecified atom stereocenters. The Hall–Kier alpha value is -2.26.